The Morgan fingerprint density at radius 3 is 2.80 bits per heavy atom. The zero-order valence-electron chi connectivity index (χ0n) is 14.6. The van der Waals surface area contributed by atoms with Gasteiger partial charge in [-0.2, -0.15) is 0 Å². The van der Waals surface area contributed by atoms with Crippen molar-refractivity contribution in [2.45, 2.75) is 31.3 Å². The Labute approximate surface area is 147 Å². The van der Waals surface area contributed by atoms with E-state index in [1.807, 2.05) is 31.3 Å². The molecule has 3 rings (SSSR count). The molecule has 1 aromatic carbocycles. The minimum atomic E-state index is -0.191. The van der Waals surface area contributed by atoms with E-state index in [9.17, 15) is 9.59 Å². The summed E-state index contributed by atoms with van der Waals surface area (Å²) in [6, 6.07) is 9.81. The lowest BCUT2D eigenvalue weighted by atomic mass is 10.1. The molecule has 0 saturated carbocycles. The van der Waals surface area contributed by atoms with Gasteiger partial charge in [-0.25, -0.2) is 0 Å². The molecule has 0 radical (unpaired) electrons. The summed E-state index contributed by atoms with van der Waals surface area (Å²) in [6.45, 7) is 0.552. The highest BCUT2D eigenvalue weighted by Crippen LogP contribution is 2.24. The Bertz CT molecular complexity index is 772. The van der Waals surface area contributed by atoms with Gasteiger partial charge in [0.25, 0.3) is 5.91 Å². The van der Waals surface area contributed by atoms with Crippen LogP contribution in [0.1, 0.15) is 29.6 Å². The Balaban J connectivity index is 1.62. The number of benzene rings is 1. The molecule has 6 nitrogen and oxygen atoms in total. The molecule has 0 unspecified atom stereocenters. The second kappa shape index (κ2) is 7.61. The molecule has 0 spiro atoms. The number of ether oxygens (including phenoxy) is 1. The maximum Gasteiger partial charge on any atom is 0.307 e. The molecule has 1 N–H and O–H groups in total. The summed E-state index contributed by atoms with van der Waals surface area (Å²) in [7, 11) is 3.41. The van der Waals surface area contributed by atoms with E-state index < -0.39 is 0 Å². The fourth-order valence-electron chi connectivity index (χ4n) is 3.45. The van der Waals surface area contributed by atoms with Gasteiger partial charge < -0.3 is 10.1 Å². The highest BCUT2D eigenvalue weighted by molar-refractivity contribution is 6.05. The summed E-state index contributed by atoms with van der Waals surface area (Å²) in [6.07, 6.45) is 3.97. The molecule has 132 valence electrons. The lowest BCUT2D eigenvalue weighted by molar-refractivity contribution is -0.141. The van der Waals surface area contributed by atoms with Crippen LogP contribution in [0, 0.1) is 0 Å². The van der Waals surface area contributed by atoms with Crippen LogP contribution in [0.3, 0.4) is 0 Å². The van der Waals surface area contributed by atoms with Crippen molar-refractivity contribution in [2.75, 3.05) is 20.7 Å². The molecule has 1 saturated heterocycles. The molecule has 6 heteroatoms. The quantitative estimate of drug-likeness (QED) is 0.842. The number of likely N-dealkylation sites (tertiary alicyclic amines) is 1. The van der Waals surface area contributed by atoms with Crippen LogP contribution in [0.15, 0.2) is 36.5 Å². The molecular weight excluding hydrogens is 318 g/mol. The first-order valence-corrected chi connectivity index (χ1v) is 8.51. The summed E-state index contributed by atoms with van der Waals surface area (Å²) in [4.78, 5) is 30.5. The van der Waals surface area contributed by atoms with Gasteiger partial charge in [-0.3, -0.25) is 19.5 Å². The largest absolute Gasteiger partial charge is 0.469 e. The third-order valence-corrected chi connectivity index (χ3v) is 4.99. The standard InChI is InChI=1S/C19H23N3O3/c1-22-14(11-17(23)25-2)8-9-15(22)12-21-19(24)16-7-3-5-13-6-4-10-20-18(13)16/h3-7,10,14-15H,8-9,11-12H2,1-2H3,(H,21,24)/t14-,15+/m1/s1. The van der Waals surface area contributed by atoms with E-state index in [1.165, 1.54) is 7.11 Å². The number of likely N-dealkylation sites (N-methyl/N-ethyl adjacent to an activating group) is 1. The highest BCUT2D eigenvalue weighted by Gasteiger charge is 2.32. The predicted molar refractivity (Wildman–Crippen MR) is 95.3 cm³/mol. The van der Waals surface area contributed by atoms with Crippen molar-refractivity contribution in [1.82, 2.24) is 15.2 Å². The minimum Gasteiger partial charge on any atom is -0.469 e. The number of methoxy groups -OCH3 is 1. The number of hydrogen-bond donors (Lipinski definition) is 1. The molecule has 0 bridgehead atoms. The van der Waals surface area contributed by atoms with Crippen molar-refractivity contribution in [3.05, 3.63) is 42.1 Å². The molecule has 2 atom stereocenters. The van der Waals surface area contributed by atoms with Crippen LogP contribution >= 0.6 is 0 Å². The van der Waals surface area contributed by atoms with Gasteiger partial charge in [-0.1, -0.05) is 18.2 Å². The van der Waals surface area contributed by atoms with E-state index >= 15 is 0 Å². The van der Waals surface area contributed by atoms with Crippen molar-refractivity contribution < 1.29 is 14.3 Å². The number of rotatable bonds is 5. The summed E-state index contributed by atoms with van der Waals surface area (Å²) in [5.41, 5.74) is 1.30. The third kappa shape index (κ3) is 3.79. The van der Waals surface area contributed by atoms with E-state index in [4.69, 9.17) is 4.74 Å². The number of aromatic nitrogens is 1. The SMILES string of the molecule is COC(=O)C[C@H]1CC[C@@H](CNC(=O)c2cccc3cccnc23)N1C. The first-order valence-electron chi connectivity index (χ1n) is 8.51. The number of fused-ring (bicyclic) bond motifs is 1. The summed E-state index contributed by atoms with van der Waals surface area (Å²) < 4.78 is 4.75. The van der Waals surface area contributed by atoms with Gasteiger partial charge in [0.05, 0.1) is 24.6 Å². The van der Waals surface area contributed by atoms with Gasteiger partial charge in [0.1, 0.15) is 0 Å². The predicted octanol–water partition coefficient (Wildman–Crippen LogP) is 1.99. The monoisotopic (exact) mass is 341 g/mol. The average molecular weight is 341 g/mol. The number of para-hydroxylation sites is 1. The summed E-state index contributed by atoms with van der Waals surface area (Å²) in [5.74, 6) is -0.308. The Hall–Kier alpha value is -2.47. The molecular formula is C19H23N3O3. The van der Waals surface area contributed by atoms with Gasteiger partial charge in [-0.05, 0) is 32.0 Å². The normalized spacial score (nSPS) is 20.6. The average Bonchev–Trinajstić information content (AvgIpc) is 2.98. The van der Waals surface area contributed by atoms with E-state index in [0.717, 1.165) is 18.2 Å². The molecule has 1 aliphatic rings. The van der Waals surface area contributed by atoms with Crippen LogP contribution in [0.5, 0.6) is 0 Å². The van der Waals surface area contributed by atoms with Gasteiger partial charge in [0, 0.05) is 30.2 Å². The number of carbonyl (C=O) groups excluding carboxylic acids is 2. The maximum atomic E-state index is 12.6. The van der Waals surface area contributed by atoms with E-state index in [0.29, 0.717) is 24.0 Å². The van der Waals surface area contributed by atoms with E-state index in [-0.39, 0.29) is 24.0 Å². The van der Waals surface area contributed by atoms with Gasteiger partial charge in [-0.15, -0.1) is 0 Å². The van der Waals surface area contributed by atoms with Crippen molar-refractivity contribution in [2.24, 2.45) is 0 Å². The molecule has 1 amide bonds. The molecule has 1 fully saturated rings. The van der Waals surface area contributed by atoms with E-state index in [1.54, 1.807) is 12.3 Å². The fourth-order valence-corrected chi connectivity index (χ4v) is 3.45. The van der Waals surface area contributed by atoms with Crippen LogP contribution in [0.25, 0.3) is 10.9 Å². The zero-order valence-corrected chi connectivity index (χ0v) is 14.6. The first kappa shape index (κ1) is 17.4. The van der Waals surface area contributed by atoms with Crippen molar-refractivity contribution in [3.63, 3.8) is 0 Å². The van der Waals surface area contributed by atoms with Crippen LogP contribution in [-0.4, -0.2) is 54.5 Å². The molecule has 1 aliphatic heterocycles. The smallest absolute Gasteiger partial charge is 0.307 e. The molecule has 2 heterocycles. The van der Waals surface area contributed by atoms with Gasteiger partial charge >= 0.3 is 5.97 Å². The van der Waals surface area contributed by atoms with Crippen LogP contribution < -0.4 is 5.32 Å². The van der Waals surface area contributed by atoms with Crippen molar-refractivity contribution >= 4 is 22.8 Å². The fraction of sp³-hybridized carbons (Fsp3) is 0.421. The second-order valence-corrected chi connectivity index (χ2v) is 6.42. The summed E-state index contributed by atoms with van der Waals surface area (Å²) in [5, 5.41) is 3.96. The molecule has 25 heavy (non-hydrogen) atoms. The number of esters is 1. The lowest BCUT2D eigenvalue weighted by Crippen LogP contribution is -2.41. The van der Waals surface area contributed by atoms with E-state index in [2.05, 4.69) is 15.2 Å². The number of hydrogen-bond acceptors (Lipinski definition) is 5. The number of pyridine rings is 1. The van der Waals surface area contributed by atoms with Crippen LogP contribution in [0.4, 0.5) is 0 Å². The Morgan fingerprint density at radius 1 is 1.24 bits per heavy atom. The maximum absolute atomic E-state index is 12.6. The topological polar surface area (TPSA) is 71.5 Å². The van der Waals surface area contributed by atoms with Crippen molar-refractivity contribution in [1.29, 1.82) is 0 Å². The van der Waals surface area contributed by atoms with Gasteiger partial charge in [0.15, 0.2) is 0 Å². The van der Waals surface area contributed by atoms with Gasteiger partial charge in [0.2, 0.25) is 0 Å². The molecule has 2 aromatic rings. The highest BCUT2D eigenvalue weighted by atomic mass is 16.5. The molecule has 1 aromatic heterocycles. The summed E-state index contributed by atoms with van der Waals surface area (Å²) >= 11 is 0. The third-order valence-electron chi connectivity index (χ3n) is 4.99. The Kier molecular flexibility index (Phi) is 5.28. The Morgan fingerprint density at radius 2 is 2.00 bits per heavy atom. The minimum absolute atomic E-state index is 0.117. The number of carbonyl (C=O) groups is 2. The zero-order chi connectivity index (χ0) is 17.8. The van der Waals surface area contributed by atoms with Crippen molar-refractivity contribution in [3.8, 4) is 0 Å². The second-order valence-electron chi connectivity index (χ2n) is 6.42. The first-order chi connectivity index (χ1) is 12.1. The number of amides is 1. The number of nitrogens with zero attached hydrogens (tertiary/aromatic N) is 2. The number of nitrogens with one attached hydrogen (secondary N) is 1. The lowest BCUT2D eigenvalue weighted by Gasteiger charge is -2.25. The van der Waals surface area contributed by atoms with Crippen LogP contribution in [0.2, 0.25) is 0 Å². The van der Waals surface area contributed by atoms with Crippen LogP contribution in [-0.2, 0) is 9.53 Å². The molecule has 0 aliphatic carbocycles.